The molecule has 0 radical (unpaired) electrons. The summed E-state index contributed by atoms with van der Waals surface area (Å²) in [5, 5.41) is 0.499. The molecule has 0 atom stereocenters. The van der Waals surface area contributed by atoms with Crippen LogP contribution in [-0.2, 0) is 0 Å². The third-order valence-electron chi connectivity index (χ3n) is 3.35. The standard InChI is InChI=1S/C18H10Cl2N2O3/c19-14-3-1-2-4-16(14)25-18-11(9-23)5-6-15(22-18)12-7-13(10-24)17(20)21-8-12/h1-10H. The molecule has 7 heteroatoms. The molecule has 1 aromatic carbocycles. The van der Waals surface area contributed by atoms with Gasteiger partial charge in [-0.05, 0) is 30.3 Å². The highest BCUT2D eigenvalue weighted by molar-refractivity contribution is 6.32. The molecule has 0 saturated carbocycles. The normalized spacial score (nSPS) is 10.3. The van der Waals surface area contributed by atoms with Crippen LogP contribution >= 0.6 is 23.2 Å². The maximum absolute atomic E-state index is 11.3. The number of carbonyl (C=O) groups excluding carboxylic acids is 2. The van der Waals surface area contributed by atoms with E-state index >= 15 is 0 Å². The zero-order valence-electron chi connectivity index (χ0n) is 12.6. The van der Waals surface area contributed by atoms with E-state index in [0.717, 1.165) is 0 Å². The summed E-state index contributed by atoms with van der Waals surface area (Å²) < 4.78 is 5.68. The molecular formula is C18H10Cl2N2O3. The lowest BCUT2D eigenvalue weighted by Gasteiger charge is -2.10. The maximum atomic E-state index is 11.3. The molecule has 3 rings (SSSR count). The van der Waals surface area contributed by atoms with Crippen molar-refractivity contribution < 1.29 is 14.3 Å². The van der Waals surface area contributed by atoms with Gasteiger partial charge in [0.05, 0.1) is 21.8 Å². The van der Waals surface area contributed by atoms with E-state index in [1.54, 1.807) is 42.5 Å². The van der Waals surface area contributed by atoms with E-state index in [-0.39, 0.29) is 22.2 Å². The fraction of sp³-hybridized carbons (Fsp3) is 0. The fourth-order valence-electron chi connectivity index (χ4n) is 2.10. The van der Waals surface area contributed by atoms with Gasteiger partial charge in [-0.25, -0.2) is 9.97 Å². The molecule has 0 aliphatic carbocycles. The highest BCUT2D eigenvalue weighted by Gasteiger charge is 2.12. The molecule has 0 spiro atoms. The van der Waals surface area contributed by atoms with Crippen LogP contribution in [0.5, 0.6) is 11.6 Å². The molecule has 0 unspecified atom stereocenters. The molecular weight excluding hydrogens is 363 g/mol. The minimum absolute atomic E-state index is 0.100. The second-order valence-electron chi connectivity index (χ2n) is 4.96. The number of hydrogen-bond donors (Lipinski definition) is 0. The molecule has 3 aromatic rings. The van der Waals surface area contributed by atoms with Crippen molar-refractivity contribution in [3.05, 3.63) is 70.0 Å². The van der Waals surface area contributed by atoms with Gasteiger partial charge in [-0.1, -0.05) is 35.3 Å². The van der Waals surface area contributed by atoms with Gasteiger partial charge < -0.3 is 4.74 Å². The molecule has 2 aromatic heterocycles. The second-order valence-corrected chi connectivity index (χ2v) is 5.73. The van der Waals surface area contributed by atoms with Crippen molar-refractivity contribution in [2.45, 2.75) is 0 Å². The zero-order valence-corrected chi connectivity index (χ0v) is 14.2. The number of aldehydes is 2. The van der Waals surface area contributed by atoms with Crippen molar-refractivity contribution >= 4 is 35.8 Å². The number of halogens is 2. The first-order valence-corrected chi connectivity index (χ1v) is 7.87. The molecule has 0 fully saturated rings. The Morgan fingerprint density at radius 1 is 0.960 bits per heavy atom. The molecule has 0 amide bonds. The van der Waals surface area contributed by atoms with Gasteiger partial charge in [0.25, 0.3) is 0 Å². The Balaban J connectivity index is 2.05. The summed E-state index contributed by atoms with van der Waals surface area (Å²) in [6, 6.07) is 11.6. The van der Waals surface area contributed by atoms with Crippen LogP contribution in [0.25, 0.3) is 11.3 Å². The molecule has 0 saturated heterocycles. The highest BCUT2D eigenvalue weighted by atomic mass is 35.5. The Hall–Kier alpha value is -2.76. The van der Waals surface area contributed by atoms with Gasteiger partial charge in [0, 0.05) is 11.8 Å². The molecule has 0 aliphatic rings. The Morgan fingerprint density at radius 2 is 1.72 bits per heavy atom. The van der Waals surface area contributed by atoms with Crippen LogP contribution < -0.4 is 4.74 Å². The van der Waals surface area contributed by atoms with Crippen LogP contribution in [0.2, 0.25) is 10.2 Å². The van der Waals surface area contributed by atoms with Crippen molar-refractivity contribution in [2.24, 2.45) is 0 Å². The van der Waals surface area contributed by atoms with E-state index in [0.29, 0.717) is 34.6 Å². The van der Waals surface area contributed by atoms with E-state index in [4.69, 9.17) is 27.9 Å². The predicted molar refractivity (Wildman–Crippen MR) is 94.8 cm³/mol. The topological polar surface area (TPSA) is 69.2 Å². The number of para-hydroxylation sites is 1. The average molecular weight is 373 g/mol. The molecule has 0 bridgehead atoms. The number of aromatic nitrogens is 2. The third kappa shape index (κ3) is 3.68. The summed E-state index contributed by atoms with van der Waals surface area (Å²) in [6.45, 7) is 0. The van der Waals surface area contributed by atoms with Gasteiger partial charge in [-0.2, -0.15) is 0 Å². The smallest absolute Gasteiger partial charge is 0.230 e. The summed E-state index contributed by atoms with van der Waals surface area (Å²) in [6.07, 6.45) is 2.73. The first-order valence-electron chi connectivity index (χ1n) is 7.12. The van der Waals surface area contributed by atoms with Gasteiger partial charge >= 0.3 is 0 Å². The van der Waals surface area contributed by atoms with E-state index in [1.807, 2.05) is 0 Å². The number of carbonyl (C=O) groups is 2. The lowest BCUT2D eigenvalue weighted by molar-refractivity contribution is 0.111. The second kappa shape index (κ2) is 7.42. The average Bonchev–Trinajstić information content (AvgIpc) is 2.64. The van der Waals surface area contributed by atoms with Gasteiger partial charge in [0.15, 0.2) is 12.6 Å². The molecule has 2 heterocycles. The van der Waals surface area contributed by atoms with Crippen molar-refractivity contribution in [3.8, 4) is 22.9 Å². The first-order chi connectivity index (χ1) is 12.1. The van der Waals surface area contributed by atoms with Crippen LogP contribution in [0.3, 0.4) is 0 Å². The SMILES string of the molecule is O=Cc1cc(-c2ccc(C=O)c(Oc3ccccc3Cl)n2)cnc1Cl. The Bertz CT molecular complexity index is 961. The number of benzene rings is 1. The van der Waals surface area contributed by atoms with E-state index in [9.17, 15) is 9.59 Å². The van der Waals surface area contributed by atoms with Crippen molar-refractivity contribution in [2.75, 3.05) is 0 Å². The number of hydrogen-bond acceptors (Lipinski definition) is 5. The Morgan fingerprint density at radius 3 is 2.44 bits per heavy atom. The maximum Gasteiger partial charge on any atom is 0.230 e. The van der Waals surface area contributed by atoms with E-state index < -0.39 is 0 Å². The first kappa shape index (κ1) is 17.1. The fourth-order valence-corrected chi connectivity index (χ4v) is 2.43. The van der Waals surface area contributed by atoms with Crippen LogP contribution in [0.15, 0.2) is 48.7 Å². The zero-order chi connectivity index (χ0) is 17.8. The van der Waals surface area contributed by atoms with Gasteiger partial charge in [0.2, 0.25) is 5.88 Å². The third-order valence-corrected chi connectivity index (χ3v) is 3.98. The summed E-state index contributed by atoms with van der Waals surface area (Å²) in [7, 11) is 0. The molecule has 124 valence electrons. The number of ether oxygens (including phenoxy) is 1. The molecule has 5 nitrogen and oxygen atoms in total. The van der Waals surface area contributed by atoms with E-state index in [1.165, 1.54) is 6.20 Å². The van der Waals surface area contributed by atoms with Crippen LogP contribution in [0.1, 0.15) is 20.7 Å². The Kier molecular flexibility index (Phi) is 5.07. The monoisotopic (exact) mass is 372 g/mol. The molecule has 25 heavy (non-hydrogen) atoms. The summed E-state index contributed by atoms with van der Waals surface area (Å²) in [4.78, 5) is 30.6. The lowest BCUT2D eigenvalue weighted by atomic mass is 10.1. The molecule has 0 N–H and O–H groups in total. The number of rotatable bonds is 5. The van der Waals surface area contributed by atoms with Gasteiger partial charge in [-0.3, -0.25) is 9.59 Å². The van der Waals surface area contributed by atoms with Crippen molar-refractivity contribution in [1.29, 1.82) is 0 Å². The summed E-state index contributed by atoms with van der Waals surface area (Å²) in [5.74, 6) is 0.475. The number of pyridine rings is 2. The van der Waals surface area contributed by atoms with Gasteiger partial charge in [-0.15, -0.1) is 0 Å². The molecule has 0 aliphatic heterocycles. The minimum atomic E-state index is 0.100. The minimum Gasteiger partial charge on any atom is -0.437 e. The van der Waals surface area contributed by atoms with E-state index in [2.05, 4.69) is 9.97 Å². The summed E-state index contributed by atoms with van der Waals surface area (Å²) in [5.41, 5.74) is 1.54. The van der Waals surface area contributed by atoms with Crippen molar-refractivity contribution in [1.82, 2.24) is 9.97 Å². The Labute approximate surface area is 153 Å². The highest BCUT2D eigenvalue weighted by Crippen LogP contribution is 2.31. The van der Waals surface area contributed by atoms with Gasteiger partial charge in [0.1, 0.15) is 10.9 Å². The quantitative estimate of drug-likeness (QED) is 0.472. The predicted octanol–water partition coefficient (Wildman–Crippen LogP) is 4.87. The number of nitrogens with zero attached hydrogens (tertiary/aromatic N) is 2. The van der Waals surface area contributed by atoms with Crippen LogP contribution in [0.4, 0.5) is 0 Å². The lowest BCUT2D eigenvalue weighted by Crippen LogP contribution is -1.97. The van der Waals surface area contributed by atoms with Crippen molar-refractivity contribution in [3.63, 3.8) is 0 Å². The summed E-state index contributed by atoms with van der Waals surface area (Å²) >= 11 is 11.9. The van der Waals surface area contributed by atoms with Crippen LogP contribution in [0, 0.1) is 0 Å². The van der Waals surface area contributed by atoms with Crippen LogP contribution in [-0.4, -0.2) is 22.5 Å². The largest absolute Gasteiger partial charge is 0.437 e.